The van der Waals surface area contributed by atoms with Crippen molar-refractivity contribution in [2.75, 3.05) is 26.6 Å². The van der Waals surface area contributed by atoms with Crippen molar-refractivity contribution >= 4 is 23.1 Å². The number of amides is 1. The molecule has 7 nitrogen and oxygen atoms in total. The molecule has 1 heterocycles. The molecular weight excluding hydrogens is 306 g/mol. The van der Waals surface area contributed by atoms with Crippen LogP contribution in [0.1, 0.15) is 22.3 Å². The average Bonchev–Trinajstić information content (AvgIpc) is 3.02. The van der Waals surface area contributed by atoms with Crippen LogP contribution >= 0.6 is 11.5 Å². The molecule has 1 aromatic heterocycles. The highest BCUT2D eigenvalue weighted by Gasteiger charge is 2.18. The molecule has 0 aliphatic rings. The maximum atomic E-state index is 12.3. The van der Waals surface area contributed by atoms with Crippen molar-refractivity contribution in [2.24, 2.45) is 0 Å². The summed E-state index contributed by atoms with van der Waals surface area (Å²) < 4.78 is 19.6. The Balaban J connectivity index is 2.31. The number of hydrogen-bond acceptors (Lipinski definition) is 7. The number of aryl methyl sites for hydroxylation is 1. The molecule has 2 rings (SSSR count). The Kier molecular flexibility index (Phi) is 5.16. The van der Waals surface area contributed by atoms with E-state index < -0.39 is 0 Å². The summed E-state index contributed by atoms with van der Waals surface area (Å²) in [6.45, 7) is 1.92. The number of nitrogens with zero attached hydrogens (tertiary/aromatic N) is 2. The molecular formula is C14H17N3O4S. The van der Waals surface area contributed by atoms with Gasteiger partial charge in [0.25, 0.3) is 5.91 Å². The number of ether oxygens (including phenoxy) is 3. The van der Waals surface area contributed by atoms with E-state index in [0.29, 0.717) is 39.9 Å². The van der Waals surface area contributed by atoms with E-state index in [2.05, 4.69) is 14.9 Å². The Labute approximate surface area is 132 Å². The highest BCUT2D eigenvalue weighted by molar-refractivity contribution is 7.08. The van der Waals surface area contributed by atoms with E-state index in [1.165, 1.54) is 21.3 Å². The zero-order valence-corrected chi connectivity index (χ0v) is 13.6. The molecule has 0 saturated carbocycles. The van der Waals surface area contributed by atoms with Crippen LogP contribution in [0.25, 0.3) is 0 Å². The Hall–Kier alpha value is -2.35. The van der Waals surface area contributed by atoms with Gasteiger partial charge in [-0.05, 0) is 18.0 Å². The number of methoxy groups -OCH3 is 3. The molecule has 1 amide bonds. The average molecular weight is 323 g/mol. The fourth-order valence-corrected chi connectivity index (χ4v) is 2.60. The van der Waals surface area contributed by atoms with Gasteiger partial charge in [0, 0.05) is 17.8 Å². The molecule has 1 aromatic carbocycles. The van der Waals surface area contributed by atoms with Crippen LogP contribution in [0.4, 0.5) is 5.69 Å². The molecule has 2 aromatic rings. The van der Waals surface area contributed by atoms with E-state index in [0.717, 1.165) is 11.5 Å². The molecule has 0 bridgehead atoms. The van der Waals surface area contributed by atoms with E-state index in [4.69, 9.17) is 14.2 Å². The fourth-order valence-electron chi connectivity index (χ4n) is 1.95. The summed E-state index contributed by atoms with van der Waals surface area (Å²) in [6.07, 6.45) is 0.647. The van der Waals surface area contributed by atoms with Crippen LogP contribution in [0.2, 0.25) is 0 Å². The topological polar surface area (TPSA) is 82.6 Å². The second kappa shape index (κ2) is 7.08. The molecule has 0 saturated heterocycles. The van der Waals surface area contributed by atoms with Gasteiger partial charge in [-0.3, -0.25) is 4.79 Å². The second-order valence-electron chi connectivity index (χ2n) is 4.27. The highest BCUT2D eigenvalue weighted by Crippen LogP contribution is 2.40. The van der Waals surface area contributed by atoms with Crippen LogP contribution < -0.4 is 19.5 Å². The largest absolute Gasteiger partial charge is 0.493 e. The summed E-state index contributed by atoms with van der Waals surface area (Å²) >= 11 is 1.07. The van der Waals surface area contributed by atoms with Gasteiger partial charge in [-0.2, -0.15) is 0 Å². The standard InChI is InChI=1S/C14H17N3O4S/c1-5-9-13(22-17-16-9)14(18)15-8-6-10(19-2)12(21-4)11(7-8)20-3/h6-7H,5H2,1-4H3,(H,15,18). The first kappa shape index (κ1) is 16.0. The van der Waals surface area contributed by atoms with Gasteiger partial charge in [-0.15, -0.1) is 5.10 Å². The SMILES string of the molecule is CCc1nnsc1C(=O)Nc1cc(OC)c(OC)c(OC)c1. The Morgan fingerprint density at radius 3 is 2.32 bits per heavy atom. The number of carbonyl (C=O) groups excluding carboxylic acids is 1. The Morgan fingerprint density at radius 1 is 1.18 bits per heavy atom. The predicted molar refractivity (Wildman–Crippen MR) is 83.3 cm³/mol. The van der Waals surface area contributed by atoms with Gasteiger partial charge in [0.1, 0.15) is 4.88 Å². The first-order valence-corrected chi connectivity index (χ1v) is 7.34. The number of hydrogen-bond donors (Lipinski definition) is 1. The molecule has 0 aliphatic heterocycles. The second-order valence-corrected chi connectivity index (χ2v) is 5.02. The maximum Gasteiger partial charge on any atom is 0.269 e. The van der Waals surface area contributed by atoms with Gasteiger partial charge in [-0.1, -0.05) is 11.4 Å². The number of rotatable bonds is 6. The van der Waals surface area contributed by atoms with Crippen LogP contribution in [-0.2, 0) is 6.42 Å². The van der Waals surface area contributed by atoms with Crippen molar-refractivity contribution in [1.29, 1.82) is 0 Å². The number of nitrogens with one attached hydrogen (secondary N) is 1. The van der Waals surface area contributed by atoms with Crippen LogP contribution in [0.3, 0.4) is 0 Å². The van der Waals surface area contributed by atoms with Gasteiger partial charge in [-0.25, -0.2) is 0 Å². The molecule has 0 unspecified atom stereocenters. The molecule has 0 atom stereocenters. The van der Waals surface area contributed by atoms with E-state index >= 15 is 0 Å². The summed E-state index contributed by atoms with van der Waals surface area (Å²) in [7, 11) is 4.56. The first-order chi connectivity index (χ1) is 10.6. The maximum absolute atomic E-state index is 12.3. The van der Waals surface area contributed by atoms with E-state index in [1.54, 1.807) is 12.1 Å². The minimum atomic E-state index is -0.263. The van der Waals surface area contributed by atoms with E-state index in [1.807, 2.05) is 6.92 Å². The third-order valence-corrected chi connectivity index (χ3v) is 3.79. The molecule has 0 aliphatic carbocycles. The summed E-state index contributed by atoms with van der Waals surface area (Å²) in [4.78, 5) is 12.8. The lowest BCUT2D eigenvalue weighted by atomic mass is 10.2. The quantitative estimate of drug-likeness (QED) is 0.879. The van der Waals surface area contributed by atoms with Gasteiger partial charge in [0.05, 0.1) is 27.0 Å². The molecule has 22 heavy (non-hydrogen) atoms. The third-order valence-electron chi connectivity index (χ3n) is 3.02. The lowest BCUT2D eigenvalue weighted by molar-refractivity contribution is 0.102. The molecule has 8 heteroatoms. The lowest BCUT2D eigenvalue weighted by Crippen LogP contribution is -2.12. The number of anilines is 1. The van der Waals surface area contributed by atoms with Crippen molar-refractivity contribution in [3.8, 4) is 17.2 Å². The van der Waals surface area contributed by atoms with Gasteiger partial charge >= 0.3 is 0 Å². The summed E-state index contributed by atoms with van der Waals surface area (Å²) in [5.74, 6) is 1.14. The van der Waals surface area contributed by atoms with Crippen molar-refractivity contribution in [1.82, 2.24) is 9.59 Å². The van der Waals surface area contributed by atoms with Crippen LogP contribution in [0, 0.1) is 0 Å². The van der Waals surface area contributed by atoms with E-state index in [-0.39, 0.29) is 5.91 Å². The van der Waals surface area contributed by atoms with Gasteiger partial charge in [0.2, 0.25) is 5.75 Å². The minimum Gasteiger partial charge on any atom is -0.493 e. The molecule has 0 fully saturated rings. The first-order valence-electron chi connectivity index (χ1n) is 6.57. The molecule has 118 valence electrons. The van der Waals surface area contributed by atoms with Crippen LogP contribution in [-0.4, -0.2) is 36.8 Å². The van der Waals surface area contributed by atoms with Gasteiger partial charge in [0.15, 0.2) is 11.5 Å². The lowest BCUT2D eigenvalue weighted by Gasteiger charge is -2.14. The number of benzene rings is 1. The number of aromatic nitrogens is 2. The van der Waals surface area contributed by atoms with Gasteiger partial charge < -0.3 is 19.5 Å². The Morgan fingerprint density at radius 2 is 1.82 bits per heavy atom. The van der Waals surface area contributed by atoms with Crippen molar-refractivity contribution in [3.63, 3.8) is 0 Å². The fraction of sp³-hybridized carbons (Fsp3) is 0.357. The Bertz CT molecular complexity index is 647. The number of carbonyl (C=O) groups is 1. The monoisotopic (exact) mass is 323 g/mol. The van der Waals surface area contributed by atoms with Crippen molar-refractivity contribution in [2.45, 2.75) is 13.3 Å². The summed E-state index contributed by atoms with van der Waals surface area (Å²) in [6, 6.07) is 3.33. The third kappa shape index (κ3) is 3.11. The smallest absolute Gasteiger partial charge is 0.269 e. The zero-order chi connectivity index (χ0) is 16.1. The predicted octanol–water partition coefficient (Wildman–Crippen LogP) is 2.38. The summed E-state index contributed by atoms with van der Waals surface area (Å²) in [5.41, 5.74) is 1.21. The molecule has 0 radical (unpaired) electrons. The highest BCUT2D eigenvalue weighted by atomic mass is 32.1. The van der Waals surface area contributed by atoms with Crippen LogP contribution in [0.5, 0.6) is 17.2 Å². The normalized spacial score (nSPS) is 10.2. The zero-order valence-electron chi connectivity index (χ0n) is 12.8. The molecule has 1 N–H and O–H groups in total. The van der Waals surface area contributed by atoms with Crippen LogP contribution in [0.15, 0.2) is 12.1 Å². The van der Waals surface area contributed by atoms with Crippen molar-refractivity contribution < 1.29 is 19.0 Å². The molecule has 0 spiro atoms. The minimum absolute atomic E-state index is 0.263. The summed E-state index contributed by atoms with van der Waals surface area (Å²) in [5, 5.41) is 6.73. The van der Waals surface area contributed by atoms with E-state index in [9.17, 15) is 4.79 Å². The van der Waals surface area contributed by atoms with Crippen molar-refractivity contribution in [3.05, 3.63) is 22.7 Å².